The number of pyridine rings is 1. The van der Waals surface area contributed by atoms with Crippen molar-refractivity contribution in [3.63, 3.8) is 0 Å². The first kappa shape index (κ1) is 18.0. The van der Waals surface area contributed by atoms with E-state index in [-0.39, 0.29) is 0 Å². The van der Waals surface area contributed by atoms with Gasteiger partial charge in [-0.2, -0.15) is 0 Å². The normalized spacial score (nSPS) is 22.0. The zero-order valence-corrected chi connectivity index (χ0v) is 16.5. The van der Waals surface area contributed by atoms with E-state index in [4.69, 9.17) is 0 Å². The Bertz CT molecular complexity index is 877. The summed E-state index contributed by atoms with van der Waals surface area (Å²) in [7, 11) is 3.90. The zero-order valence-electron chi connectivity index (χ0n) is 16.5. The molecule has 5 nitrogen and oxygen atoms in total. The van der Waals surface area contributed by atoms with Crippen LogP contribution in [0, 0.1) is 11.8 Å². The standard InChI is InChI=1S/C22H29N5/c1-15(11-26(4)23-3)17-5-6-18-10-24-22(9-19(18)7-17)25-16(2)12-27-13-20-8-21(20)14-27/h5-7,9-11,20-21,23H,2,8,12-14H2,1,3-4H3,(H,24,25)/b15-11+. The van der Waals surface area contributed by atoms with Crippen LogP contribution in [0.1, 0.15) is 18.9 Å². The Kier molecular flexibility index (Phi) is 4.89. The highest BCUT2D eigenvalue weighted by Crippen LogP contribution is 2.44. The van der Waals surface area contributed by atoms with Crippen molar-refractivity contribution in [3.8, 4) is 0 Å². The third kappa shape index (κ3) is 4.15. The molecule has 27 heavy (non-hydrogen) atoms. The first-order valence-corrected chi connectivity index (χ1v) is 9.68. The number of anilines is 1. The number of aromatic nitrogens is 1. The molecule has 2 aliphatic rings. The molecular formula is C22H29N5. The Balaban J connectivity index is 1.47. The maximum Gasteiger partial charge on any atom is 0.130 e. The molecule has 0 radical (unpaired) electrons. The first-order valence-electron chi connectivity index (χ1n) is 9.68. The van der Waals surface area contributed by atoms with Gasteiger partial charge in [-0.05, 0) is 53.8 Å². The molecule has 1 aromatic heterocycles. The second kappa shape index (κ2) is 7.33. The third-order valence-corrected chi connectivity index (χ3v) is 5.69. The highest BCUT2D eigenvalue weighted by molar-refractivity contribution is 5.87. The van der Waals surface area contributed by atoms with Crippen LogP contribution >= 0.6 is 0 Å². The van der Waals surface area contributed by atoms with E-state index in [2.05, 4.69) is 64.6 Å². The number of rotatable bonds is 7. The van der Waals surface area contributed by atoms with Gasteiger partial charge in [-0.1, -0.05) is 18.7 Å². The average molecular weight is 364 g/mol. The molecule has 2 N–H and O–H groups in total. The van der Waals surface area contributed by atoms with E-state index in [1.807, 2.05) is 25.3 Å². The topological polar surface area (TPSA) is 43.4 Å². The van der Waals surface area contributed by atoms with Crippen molar-refractivity contribution in [1.82, 2.24) is 20.3 Å². The lowest BCUT2D eigenvalue weighted by molar-refractivity contribution is 0.331. The van der Waals surface area contributed by atoms with E-state index in [0.29, 0.717) is 0 Å². The van der Waals surface area contributed by atoms with Crippen molar-refractivity contribution in [3.05, 3.63) is 54.5 Å². The molecule has 5 heteroatoms. The predicted molar refractivity (Wildman–Crippen MR) is 113 cm³/mol. The van der Waals surface area contributed by atoms with Gasteiger partial charge in [0.05, 0.1) is 0 Å². The lowest BCUT2D eigenvalue weighted by atomic mass is 10.0. The molecule has 4 rings (SSSR count). The SMILES string of the molecule is C=C(CN1CC2CC2C1)Nc1cc2cc(/C(C)=C/N(C)NC)ccc2cn1. The Morgan fingerprint density at radius 2 is 2.07 bits per heavy atom. The quantitative estimate of drug-likeness (QED) is 0.737. The number of nitrogens with zero attached hydrogens (tertiary/aromatic N) is 3. The molecule has 0 spiro atoms. The Morgan fingerprint density at radius 3 is 2.81 bits per heavy atom. The lowest BCUT2D eigenvalue weighted by Crippen LogP contribution is -2.27. The van der Waals surface area contributed by atoms with E-state index in [1.54, 1.807) is 0 Å². The van der Waals surface area contributed by atoms with Crippen molar-refractivity contribution < 1.29 is 0 Å². The zero-order chi connectivity index (χ0) is 19.0. The summed E-state index contributed by atoms with van der Waals surface area (Å²) in [5.41, 5.74) is 6.52. The molecule has 1 aliphatic heterocycles. The van der Waals surface area contributed by atoms with Crippen molar-refractivity contribution in [2.75, 3.05) is 39.0 Å². The van der Waals surface area contributed by atoms with Gasteiger partial charge < -0.3 is 10.3 Å². The lowest BCUT2D eigenvalue weighted by Gasteiger charge is -2.19. The minimum atomic E-state index is 0.864. The molecule has 0 bridgehead atoms. The fourth-order valence-electron chi connectivity index (χ4n) is 4.00. The largest absolute Gasteiger partial charge is 0.343 e. The molecule has 0 amide bonds. The Morgan fingerprint density at radius 1 is 1.30 bits per heavy atom. The van der Waals surface area contributed by atoms with Crippen LogP contribution in [0.2, 0.25) is 0 Å². The number of fused-ring (bicyclic) bond motifs is 2. The van der Waals surface area contributed by atoms with Gasteiger partial charge >= 0.3 is 0 Å². The minimum Gasteiger partial charge on any atom is -0.343 e. The van der Waals surface area contributed by atoms with E-state index in [9.17, 15) is 0 Å². The summed E-state index contributed by atoms with van der Waals surface area (Å²) in [5, 5.41) is 7.67. The third-order valence-electron chi connectivity index (χ3n) is 5.69. The van der Waals surface area contributed by atoms with Crippen LogP contribution in [-0.4, -0.2) is 48.6 Å². The van der Waals surface area contributed by atoms with Gasteiger partial charge in [-0.25, -0.2) is 10.4 Å². The fourth-order valence-corrected chi connectivity index (χ4v) is 4.00. The van der Waals surface area contributed by atoms with Crippen LogP contribution in [0.15, 0.2) is 48.9 Å². The van der Waals surface area contributed by atoms with Crippen molar-refractivity contribution >= 4 is 22.2 Å². The number of hydrogen-bond acceptors (Lipinski definition) is 5. The van der Waals surface area contributed by atoms with E-state index in [1.165, 1.54) is 36.0 Å². The van der Waals surface area contributed by atoms with Crippen molar-refractivity contribution in [1.29, 1.82) is 0 Å². The summed E-state index contributed by atoms with van der Waals surface area (Å²) in [6, 6.07) is 8.60. The molecule has 2 unspecified atom stereocenters. The van der Waals surface area contributed by atoms with E-state index in [0.717, 1.165) is 35.3 Å². The molecular weight excluding hydrogens is 334 g/mol. The van der Waals surface area contributed by atoms with Crippen molar-refractivity contribution in [2.45, 2.75) is 13.3 Å². The number of benzene rings is 1. The number of nitrogens with one attached hydrogen (secondary N) is 2. The summed E-state index contributed by atoms with van der Waals surface area (Å²) < 4.78 is 0. The molecule has 2 fully saturated rings. The second-order valence-electron chi connectivity index (χ2n) is 7.96. The maximum absolute atomic E-state index is 4.56. The van der Waals surface area contributed by atoms with Gasteiger partial charge in [0.2, 0.25) is 0 Å². The molecule has 142 valence electrons. The molecule has 1 saturated carbocycles. The summed E-state index contributed by atoms with van der Waals surface area (Å²) in [4.78, 5) is 7.06. The Labute approximate surface area is 161 Å². The first-order chi connectivity index (χ1) is 13.0. The second-order valence-corrected chi connectivity index (χ2v) is 7.96. The predicted octanol–water partition coefficient (Wildman–Crippen LogP) is 3.54. The summed E-state index contributed by atoms with van der Waals surface area (Å²) in [6.07, 6.45) is 5.45. The number of hydrazine groups is 1. The monoisotopic (exact) mass is 363 g/mol. The number of hydrogen-bond donors (Lipinski definition) is 2. The summed E-state index contributed by atoms with van der Waals surface area (Å²) in [6.45, 7) is 9.69. The van der Waals surface area contributed by atoms with Crippen LogP contribution in [0.5, 0.6) is 0 Å². The number of allylic oxidation sites excluding steroid dienone is 1. The van der Waals surface area contributed by atoms with Crippen LogP contribution in [-0.2, 0) is 0 Å². The van der Waals surface area contributed by atoms with Crippen LogP contribution in [0.25, 0.3) is 16.3 Å². The molecule has 2 heterocycles. The van der Waals surface area contributed by atoms with Crippen LogP contribution in [0.3, 0.4) is 0 Å². The van der Waals surface area contributed by atoms with E-state index < -0.39 is 0 Å². The molecule has 1 aliphatic carbocycles. The molecule has 2 atom stereocenters. The highest BCUT2D eigenvalue weighted by atomic mass is 15.5. The smallest absolute Gasteiger partial charge is 0.130 e. The maximum atomic E-state index is 4.56. The minimum absolute atomic E-state index is 0.864. The number of likely N-dealkylation sites (tertiary alicyclic amines) is 1. The average Bonchev–Trinajstić information content (AvgIpc) is 3.26. The Hall–Kier alpha value is -2.37. The molecule has 2 aromatic rings. The van der Waals surface area contributed by atoms with Crippen LogP contribution in [0.4, 0.5) is 5.82 Å². The highest BCUT2D eigenvalue weighted by Gasteiger charge is 2.44. The van der Waals surface area contributed by atoms with Gasteiger partial charge in [-0.3, -0.25) is 4.90 Å². The number of piperidine rings is 1. The van der Waals surface area contributed by atoms with Gasteiger partial charge in [0.15, 0.2) is 0 Å². The van der Waals surface area contributed by atoms with Gasteiger partial charge in [-0.15, -0.1) is 0 Å². The molecule has 1 aromatic carbocycles. The molecule has 1 saturated heterocycles. The van der Waals surface area contributed by atoms with Gasteiger partial charge in [0.25, 0.3) is 0 Å². The fraction of sp³-hybridized carbons (Fsp3) is 0.409. The van der Waals surface area contributed by atoms with Crippen LogP contribution < -0.4 is 10.7 Å². The summed E-state index contributed by atoms with van der Waals surface area (Å²) >= 11 is 0. The van der Waals surface area contributed by atoms with Gasteiger partial charge in [0.1, 0.15) is 5.82 Å². The summed E-state index contributed by atoms with van der Waals surface area (Å²) in [5.74, 6) is 2.77. The van der Waals surface area contributed by atoms with Crippen molar-refractivity contribution in [2.24, 2.45) is 11.8 Å². The van der Waals surface area contributed by atoms with Gasteiger partial charge in [0, 0.05) is 57.2 Å². The van der Waals surface area contributed by atoms with E-state index >= 15 is 0 Å².